The maximum Gasteiger partial charge on any atom is 0.315 e. The predicted octanol–water partition coefficient (Wildman–Crippen LogP) is 2.05. The van der Waals surface area contributed by atoms with Crippen LogP contribution in [-0.2, 0) is 4.79 Å². The normalized spacial score (nSPS) is 23.6. The van der Waals surface area contributed by atoms with Gasteiger partial charge in [0.2, 0.25) is 0 Å². The summed E-state index contributed by atoms with van der Waals surface area (Å²) in [5.74, 6) is -1.05. The molecule has 0 aromatic heterocycles. The first-order valence-electron chi connectivity index (χ1n) is 8.00. The average Bonchev–Trinajstić information content (AvgIpc) is 2.55. The van der Waals surface area contributed by atoms with Gasteiger partial charge in [-0.05, 0) is 38.2 Å². The number of benzene rings is 1. The molecule has 0 saturated heterocycles. The quantitative estimate of drug-likeness (QED) is 0.667. The van der Waals surface area contributed by atoms with Crippen molar-refractivity contribution in [2.75, 3.05) is 0 Å². The van der Waals surface area contributed by atoms with Gasteiger partial charge in [0, 0.05) is 6.04 Å². The third-order valence-electron chi connectivity index (χ3n) is 4.39. The molecule has 1 aliphatic rings. The highest BCUT2D eigenvalue weighted by Crippen LogP contribution is 2.24. The van der Waals surface area contributed by atoms with Crippen molar-refractivity contribution in [1.82, 2.24) is 10.6 Å². The Kier molecular flexibility index (Phi) is 5.98. The van der Waals surface area contributed by atoms with E-state index in [1.807, 2.05) is 30.3 Å². The van der Waals surface area contributed by atoms with Crippen LogP contribution in [0, 0.1) is 5.92 Å². The molecular weight excluding hydrogens is 296 g/mol. The molecule has 6 heteroatoms. The van der Waals surface area contributed by atoms with E-state index < -0.39 is 18.1 Å². The fourth-order valence-corrected chi connectivity index (χ4v) is 2.94. The molecule has 1 aliphatic carbocycles. The highest BCUT2D eigenvalue weighted by Gasteiger charge is 2.27. The Hall–Kier alpha value is -2.08. The molecule has 2 unspecified atom stereocenters. The van der Waals surface area contributed by atoms with Crippen molar-refractivity contribution >= 4 is 12.0 Å². The van der Waals surface area contributed by atoms with Gasteiger partial charge in [-0.3, -0.25) is 4.79 Å². The van der Waals surface area contributed by atoms with Crippen molar-refractivity contribution < 1.29 is 19.8 Å². The summed E-state index contributed by atoms with van der Waals surface area (Å²) in [4.78, 5) is 22.9. The van der Waals surface area contributed by atoms with E-state index in [-0.39, 0.29) is 18.0 Å². The van der Waals surface area contributed by atoms with E-state index in [1.165, 1.54) is 0 Å². The van der Waals surface area contributed by atoms with Gasteiger partial charge in [0.25, 0.3) is 0 Å². The molecule has 126 valence electrons. The summed E-state index contributed by atoms with van der Waals surface area (Å²) in [5.41, 5.74) is 0.752. The predicted molar refractivity (Wildman–Crippen MR) is 85.9 cm³/mol. The van der Waals surface area contributed by atoms with Crippen molar-refractivity contribution in [3.05, 3.63) is 35.9 Å². The molecule has 2 rings (SSSR count). The summed E-state index contributed by atoms with van der Waals surface area (Å²) >= 11 is 0. The first-order chi connectivity index (χ1) is 11.0. The summed E-state index contributed by atoms with van der Waals surface area (Å²) in [6.07, 6.45) is 1.73. The van der Waals surface area contributed by atoms with E-state index >= 15 is 0 Å². The number of carbonyl (C=O) groups is 2. The number of carboxylic acids is 1. The molecule has 0 spiro atoms. The van der Waals surface area contributed by atoms with E-state index in [1.54, 1.807) is 6.92 Å². The van der Waals surface area contributed by atoms with Gasteiger partial charge in [0.1, 0.15) is 0 Å². The average molecular weight is 320 g/mol. The molecule has 23 heavy (non-hydrogen) atoms. The van der Waals surface area contributed by atoms with Gasteiger partial charge in [-0.2, -0.15) is 0 Å². The molecule has 6 nitrogen and oxygen atoms in total. The molecule has 1 saturated carbocycles. The molecule has 4 N–H and O–H groups in total. The number of hydrogen-bond donors (Lipinski definition) is 4. The monoisotopic (exact) mass is 320 g/mol. The zero-order valence-electron chi connectivity index (χ0n) is 13.2. The summed E-state index contributed by atoms with van der Waals surface area (Å²) < 4.78 is 0. The molecule has 1 fully saturated rings. The minimum absolute atomic E-state index is 0.00771. The van der Waals surface area contributed by atoms with Crippen molar-refractivity contribution in [2.45, 2.75) is 50.8 Å². The smallest absolute Gasteiger partial charge is 0.315 e. The highest BCUT2D eigenvalue weighted by molar-refractivity contribution is 5.74. The number of rotatable bonds is 5. The van der Waals surface area contributed by atoms with Crippen LogP contribution in [0.4, 0.5) is 4.79 Å². The van der Waals surface area contributed by atoms with Crippen LogP contribution in [0.1, 0.15) is 44.3 Å². The summed E-state index contributed by atoms with van der Waals surface area (Å²) in [6, 6.07) is 8.42. The standard InChI is InChI=1S/C17H24N2O4/c1-11(15(20)12-5-3-2-4-6-12)18-17(23)19-14-9-7-13(8-10-14)16(21)22/h2-6,11,13-15,20H,7-10H2,1H3,(H,21,22)(H2,18,19,23). The maximum absolute atomic E-state index is 12.0. The van der Waals surface area contributed by atoms with Crippen LogP contribution in [-0.4, -0.2) is 34.3 Å². The van der Waals surface area contributed by atoms with Crippen LogP contribution in [0.3, 0.4) is 0 Å². The molecule has 2 atom stereocenters. The lowest BCUT2D eigenvalue weighted by atomic mass is 9.86. The molecule has 0 aliphatic heterocycles. The Balaban J connectivity index is 1.77. The summed E-state index contributed by atoms with van der Waals surface area (Å²) in [7, 11) is 0. The second-order valence-corrected chi connectivity index (χ2v) is 6.15. The van der Waals surface area contributed by atoms with Gasteiger partial charge in [0.15, 0.2) is 0 Å². The number of aliphatic carboxylic acids is 1. The zero-order chi connectivity index (χ0) is 16.8. The van der Waals surface area contributed by atoms with E-state index in [0.717, 1.165) is 5.56 Å². The number of carboxylic acid groups (broad SMARTS) is 1. The van der Waals surface area contributed by atoms with E-state index in [2.05, 4.69) is 10.6 Å². The molecular formula is C17H24N2O4. The van der Waals surface area contributed by atoms with Gasteiger partial charge in [-0.15, -0.1) is 0 Å². The first-order valence-corrected chi connectivity index (χ1v) is 8.00. The molecule has 1 aromatic carbocycles. The third-order valence-corrected chi connectivity index (χ3v) is 4.39. The molecule has 0 bridgehead atoms. The lowest BCUT2D eigenvalue weighted by molar-refractivity contribution is -0.142. The van der Waals surface area contributed by atoms with Crippen LogP contribution in [0.25, 0.3) is 0 Å². The van der Waals surface area contributed by atoms with Crippen molar-refractivity contribution in [3.8, 4) is 0 Å². The Bertz CT molecular complexity index is 527. The zero-order valence-corrected chi connectivity index (χ0v) is 13.2. The lowest BCUT2D eigenvalue weighted by Crippen LogP contribution is -2.48. The van der Waals surface area contributed by atoms with E-state index in [9.17, 15) is 14.7 Å². The first kappa shape index (κ1) is 17.3. The van der Waals surface area contributed by atoms with Crippen molar-refractivity contribution in [3.63, 3.8) is 0 Å². The number of amides is 2. The minimum atomic E-state index is -0.773. The number of urea groups is 1. The Morgan fingerprint density at radius 3 is 2.30 bits per heavy atom. The second-order valence-electron chi connectivity index (χ2n) is 6.15. The number of aliphatic hydroxyl groups excluding tert-OH is 1. The SMILES string of the molecule is CC(NC(=O)NC1CCC(C(=O)O)CC1)C(O)c1ccccc1. The summed E-state index contributed by atoms with van der Waals surface area (Å²) in [5, 5.41) is 24.8. The summed E-state index contributed by atoms with van der Waals surface area (Å²) in [6.45, 7) is 1.75. The van der Waals surface area contributed by atoms with Crippen LogP contribution in [0.5, 0.6) is 0 Å². The Morgan fingerprint density at radius 2 is 1.74 bits per heavy atom. The van der Waals surface area contributed by atoms with E-state index in [4.69, 9.17) is 5.11 Å². The molecule has 0 heterocycles. The second kappa shape index (κ2) is 7.97. The van der Waals surface area contributed by atoms with Gasteiger partial charge in [-0.25, -0.2) is 4.79 Å². The van der Waals surface area contributed by atoms with Crippen LogP contribution >= 0.6 is 0 Å². The highest BCUT2D eigenvalue weighted by atomic mass is 16.4. The number of aliphatic hydroxyl groups is 1. The molecule has 2 amide bonds. The van der Waals surface area contributed by atoms with Gasteiger partial charge >= 0.3 is 12.0 Å². The van der Waals surface area contributed by atoms with Crippen molar-refractivity contribution in [1.29, 1.82) is 0 Å². The largest absolute Gasteiger partial charge is 0.481 e. The molecule has 1 aromatic rings. The Labute approximate surface area is 135 Å². The maximum atomic E-state index is 12.0. The lowest BCUT2D eigenvalue weighted by Gasteiger charge is -2.28. The van der Waals surface area contributed by atoms with Crippen LogP contribution in [0.2, 0.25) is 0 Å². The van der Waals surface area contributed by atoms with Crippen LogP contribution < -0.4 is 10.6 Å². The van der Waals surface area contributed by atoms with Crippen molar-refractivity contribution in [2.24, 2.45) is 5.92 Å². The fourth-order valence-electron chi connectivity index (χ4n) is 2.94. The van der Waals surface area contributed by atoms with Gasteiger partial charge in [-0.1, -0.05) is 30.3 Å². The van der Waals surface area contributed by atoms with E-state index in [0.29, 0.717) is 25.7 Å². The fraction of sp³-hybridized carbons (Fsp3) is 0.529. The number of hydrogen-bond acceptors (Lipinski definition) is 3. The van der Waals surface area contributed by atoms with Gasteiger partial charge < -0.3 is 20.8 Å². The van der Waals surface area contributed by atoms with Crippen LogP contribution in [0.15, 0.2) is 30.3 Å². The number of nitrogens with one attached hydrogen (secondary N) is 2. The third kappa shape index (κ3) is 4.96. The minimum Gasteiger partial charge on any atom is -0.481 e. The van der Waals surface area contributed by atoms with Gasteiger partial charge in [0.05, 0.1) is 18.1 Å². The molecule has 0 radical (unpaired) electrons. The number of carbonyl (C=O) groups excluding carboxylic acids is 1. The topological polar surface area (TPSA) is 98.7 Å². The Morgan fingerprint density at radius 1 is 1.13 bits per heavy atom.